The van der Waals surface area contributed by atoms with E-state index in [2.05, 4.69) is 21.4 Å². The number of aromatic nitrogens is 2. The van der Waals surface area contributed by atoms with Crippen molar-refractivity contribution < 1.29 is 4.74 Å². The van der Waals surface area contributed by atoms with Crippen molar-refractivity contribution in [1.29, 1.82) is 0 Å². The van der Waals surface area contributed by atoms with Crippen molar-refractivity contribution in [3.63, 3.8) is 0 Å². The lowest BCUT2D eigenvalue weighted by Gasteiger charge is -2.23. The lowest BCUT2D eigenvalue weighted by atomic mass is 10.1. The number of pyridine rings is 1. The minimum absolute atomic E-state index is 0.234. The fraction of sp³-hybridized carbons (Fsp3) is 0.364. The molecule has 1 fully saturated rings. The predicted octanol–water partition coefficient (Wildman–Crippen LogP) is 1.22. The van der Waals surface area contributed by atoms with Crippen LogP contribution in [0.15, 0.2) is 24.4 Å². The lowest BCUT2D eigenvalue weighted by molar-refractivity contribution is 0.0757. The van der Waals surface area contributed by atoms with Crippen LogP contribution in [0.1, 0.15) is 11.7 Å². The highest BCUT2D eigenvalue weighted by Crippen LogP contribution is 2.17. The summed E-state index contributed by atoms with van der Waals surface area (Å²) in [6, 6.07) is 6.33. The molecule has 3 rings (SSSR count). The maximum atomic E-state index is 5.42. The Morgan fingerprint density at radius 2 is 2.33 bits per heavy atom. The third-order valence-corrected chi connectivity index (χ3v) is 2.70. The van der Waals surface area contributed by atoms with E-state index >= 15 is 0 Å². The number of hydrogen-bond donors (Lipinski definition) is 2. The molecule has 0 spiro atoms. The highest BCUT2D eigenvalue weighted by molar-refractivity contribution is 5.74. The first kappa shape index (κ1) is 8.88. The number of nitrogens with zero attached hydrogens (tertiary/aromatic N) is 1. The van der Waals surface area contributed by atoms with Gasteiger partial charge in [0, 0.05) is 12.7 Å². The van der Waals surface area contributed by atoms with E-state index in [0.29, 0.717) is 6.61 Å². The van der Waals surface area contributed by atoms with Crippen LogP contribution in [-0.4, -0.2) is 29.7 Å². The monoisotopic (exact) mass is 203 g/mol. The second-order valence-electron chi connectivity index (χ2n) is 3.73. The van der Waals surface area contributed by atoms with E-state index in [4.69, 9.17) is 4.74 Å². The molecule has 1 aliphatic heterocycles. The summed E-state index contributed by atoms with van der Waals surface area (Å²) in [6.07, 6.45) is 1.91. The SMILES string of the molecule is c1cc2nc([C@@H]3COCCN3)ccc2[nH]1. The maximum absolute atomic E-state index is 5.42. The summed E-state index contributed by atoms with van der Waals surface area (Å²) in [6.45, 7) is 2.41. The van der Waals surface area contributed by atoms with E-state index < -0.39 is 0 Å². The normalized spacial score (nSPS) is 22.0. The average Bonchev–Trinajstić information content (AvgIpc) is 2.77. The van der Waals surface area contributed by atoms with E-state index in [-0.39, 0.29) is 6.04 Å². The summed E-state index contributed by atoms with van der Waals surface area (Å²) < 4.78 is 5.42. The topological polar surface area (TPSA) is 49.9 Å². The molecule has 0 radical (unpaired) electrons. The van der Waals surface area contributed by atoms with Crippen LogP contribution in [0.4, 0.5) is 0 Å². The van der Waals surface area contributed by atoms with Crippen molar-refractivity contribution in [2.75, 3.05) is 19.8 Å². The summed E-state index contributed by atoms with van der Waals surface area (Å²) in [5.41, 5.74) is 3.15. The van der Waals surface area contributed by atoms with Gasteiger partial charge < -0.3 is 15.0 Å². The van der Waals surface area contributed by atoms with Gasteiger partial charge in [-0.15, -0.1) is 0 Å². The number of fused-ring (bicyclic) bond motifs is 1. The van der Waals surface area contributed by atoms with Gasteiger partial charge in [-0.1, -0.05) is 0 Å². The van der Waals surface area contributed by atoms with Crippen molar-refractivity contribution in [2.24, 2.45) is 0 Å². The number of rotatable bonds is 1. The Labute approximate surface area is 87.7 Å². The van der Waals surface area contributed by atoms with Gasteiger partial charge in [0.2, 0.25) is 0 Å². The Kier molecular flexibility index (Phi) is 2.16. The van der Waals surface area contributed by atoms with E-state index in [0.717, 1.165) is 29.9 Å². The number of ether oxygens (including phenoxy) is 1. The van der Waals surface area contributed by atoms with E-state index in [1.54, 1.807) is 0 Å². The summed E-state index contributed by atoms with van der Waals surface area (Å²) in [5.74, 6) is 0. The molecule has 1 aliphatic rings. The zero-order valence-corrected chi connectivity index (χ0v) is 8.36. The van der Waals surface area contributed by atoms with E-state index in [1.165, 1.54) is 0 Å². The van der Waals surface area contributed by atoms with Crippen LogP contribution < -0.4 is 5.32 Å². The first-order chi connectivity index (χ1) is 7.43. The molecule has 15 heavy (non-hydrogen) atoms. The van der Waals surface area contributed by atoms with E-state index in [9.17, 15) is 0 Å². The molecule has 4 heteroatoms. The number of morpholine rings is 1. The third kappa shape index (κ3) is 1.62. The molecular formula is C11H13N3O. The Bertz CT molecular complexity index is 460. The van der Waals surface area contributed by atoms with Crippen LogP contribution >= 0.6 is 0 Å². The molecule has 2 aromatic rings. The molecule has 1 atom stereocenters. The molecule has 1 saturated heterocycles. The fourth-order valence-corrected chi connectivity index (χ4v) is 1.90. The molecule has 0 saturated carbocycles. The Morgan fingerprint density at radius 3 is 3.20 bits per heavy atom. The molecule has 2 N–H and O–H groups in total. The molecule has 2 aromatic heterocycles. The minimum Gasteiger partial charge on any atom is -0.378 e. The molecule has 78 valence electrons. The highest BCUT2D eigenvalue weighted by atomic mass is 16.5. The fourth-order valence-electron chi connectivity index (χ4n) is 1.90. The molecule has 0 aromatic carbocycles. The molecule has 0 bridgehead atoms. The first-order valence-corrected chi connectivity index (χ1v) is 5.19. The van der Waals surface area contributed by atoms with Crippen LogP contribution in [0, 0.1) is 0 Å². The van der Waals surface area contributed by atoms with Crippen LogP contribution in [0.2, 0.25) is 0 Å². The second kappa shape index (κ2) is 3.64. The number of H-pyrrole nitrogens is 1. The third-order valence-electron chi connectivity index (χ3n) is 2.70. The van der Waals surface area contributed by atoms with Gasteiger partial charge in [0.05, 0.1) is 36.0 Å². The van der Waals surface area contributed by atoms with Gasteiger partial charge in [-0.2, -0.15) is 0 Å². The molecule has 0 unspecified atom stereocenters. The molecule has 3 heterocycles. The van der Waals surface area contributed by atoms with Crippen molar-refractivity contribution in [3.8, 4) is 0 Å². The van der Waals surface area contributed by atoms with Crippen molar-refractivity contribution in [3.05, 3.63) is 30.1 Å². The van der Waals surface area contributed by atoms with Gasteiger partial charge in [-0.05, 0) is 18.2 Å². The van der Waals surface area contributed by atoms with E-state index in [1.807, 2.05) is 18.3 Å². The van der Waals surface area contributed by atoms with Gasteiger partial charge in [0.25, 0.3) is 0 Å². The van der Waals surface area contributed by atoms with Gasteiger partial charge >= 0.3 is 0 Å². The Hall–Kier alpha value is -1.39. The zero-order chi connectivity index (χ0) is 10.1. The quantitative estimate of drug-likeness (QED) is 0.732. The van der Waals surface area contributed by atoms with Gasteiger partial charge in [0.15, 0.2) is 0 Å². The van der Waals surface area contributed by atoms with Crippen molar-refractivity contribution in [2.45, 2.75) is 6.04 Å². The lowest BCUT2D eigenvalue weighted by Crippen LogP contribution is -2.35. The predicted molar refractivity (Wildman–Crippen MR) is 57.7 cm³/mol. The van der Waals surface area contributed by atoms with Gasteiger partial charge in [-0.3, -0.25) is 0 Å². The van der Waals surface area contributed by atoms with Crippen LogP contribution in [0.3, 0.4) is 0 Å². The first-order valence-electron chi connectivity index (χ1n) is 5.19. The molecule has 4 nitrogen and oxygen atoms in total. The van der Waals surface area contributed by atoms with Crippen molar-refractivity contribution >= 4 is 11.0 Å². The van der Waals surface area contributed by atoms with Crippen LogP contribution in [-0.2, 0) is 4.74 Å². The summed E-state index contributed by atoms with van der Waals surface area (Å²) in [7, 11) is 0. The largest absolute Gasteiger partial charge is 0.378 e. The second-order valence-corrected chi connectivity index (χ2v) is 3.73. The molecular weight excluding hydrogens is 190 g/mol. The summed E-state index contributed by atoms with van der Waals surface area (Å²) in [4.78, 5) is 7.72. The Balaban J connectivity index is 1.95. The molecule has 0 aliphatic carbocycles. The zero-order valence-electron chi connectivity index (χ0n) is 8.36. The summed E-state index contributed by atoms with van der Waals surface area (Å²) in [5, 5.41) is 3.39. The maximum Gasteiger partial charge on any atom is 0.0882 e. The minimum atomic E-state index is 0.234. The van der Waals surface area contributed by atoms with Crippen LogP contribution in [0.25, 0.3) is 11.0 Å². The van der Waals surface area contributed by atoms with Gasteiger partial charge in [0.1, 0.15) is 0 Å². The highest BCUT2D eigenvalue weighted by Gasteiger charge is 2.16. The average molecular weight is 203 g/mol. The number of hydrogen-bond acceptors (Lipinski definition) is 3. The summed E-state index contributed by atoms with van der Waals surface area (Å²) >= 11 is 0. The number of nitrogens with one attached hydrogen (secondary N) is 2. The van der Waals surface area contributed by atoms with Crippen molar-refractivity contribution in [1.82, 2.24) is 15.3 Å². The smallest absolute Gasteiger partial charge is 0.0882 e. The van der Waals surface area contributed by atoms with Gasteiger partial charge in [-0.25, -0.2) is 4.98 Å². The molecule has 0 amide bonds. The Morgan fingerprint density at radius 1 is 1.33 bits per heavy atom. The standard InChI is InChI=1S/C11H13N3O/c1-2-9(11-7-15-6-5-13-11)14-10-3-4-12-8(1)10/h1-4,11-13H,5-7H2/t11-/m0/s1. The van der Waals surface area contributed by atoms with Crippen LogP contribution in [0.5, 0.6) is 0 Å². The number of aromatic amines is 1.